The van der Waals surface area contributed by atoms with Gasteiger partial charge in [0.1, 0.15) is 11.6 Å². The minimum absolute atomic E-state index is 0.0514. The van der Waals surface area contributed by atoms with Crippen LogP contribution in [0, 0.1) is 0 Å². The molecule has 0 fully saturated rings. The number of anilines is 1. The summed E-state index contributed by atoms with van der Waals surface area (Å²) in [6.07, 6.45) is -3.68. The molecule has 118 valence electrons. The lowest BCUT2D eigenvalue weighted by Crippen LogP contribution is -2.28. The Morgan fingerprint density at radius 2 is 2.00 bits per heavy atom. The Morgan fingerprint density at radius 3 is 2.78 bits per heavy atom. The van der Waals surface area contributed by atoms with Gasteiger partial charge in [0.05, 0.1) is 17.7 Å². The zero-order valence-corrected chi connectivity index (χ0v) is 12.3. The molecule has 0 amide bonds. The van der Waals surface area contributed by atoms with E-state index in [1.165, 1.54) is 0 Å². The number of aromatic nitrogens is 1. The number of hydrogen-bond donors (Lipinski definition) is 0. The first-order valence-electron chi connectivity index (χ1n) is 6.80. The van der Waals surface area contributed by atoms with Crippen LogP contribution in [-0.4, -0.2) is 23.9 Å². The Kier molecular flexibility index (Phi) is 3.02. The van der Waals surface area contributed by atoms with Crippen molar-refractivity contribution >= 4 is 23.3 Å². The molecule has 23 heavy (non-hydrogen) atoms. The quantitative estimate of drug-likeness (QED) is 0.724. The summed E-state index contributed by atoms with van der Waals surface area (Å²) in [5.41, 5.74) is -0.215. The van der Waals surface area contributed by atoms with E-state index in [2.05, 4.69) is 9.98 Å². The van der Waals surface area contributed by atoms with Gasteiger partial charge >= 0.3 is 6.18 Å². The van der Waals surface area contributed by atoms with Crippen LogP contribution >= 0.6 is 11.6 Å². The highest BCUT2D eigenvalue weighted by atomic mass is 35.5. The lowest BCUT2D eigenvalue weighted by atomic mass is 10.1. The Bertz CT molecular complexity index is 835. The lowest BCUT2D eigenvalue weighted by molar-refractivity contribution is -0.137. The normalized spacial score (nSPS) is 16.0. The Labute approximate surface area is 134 Å². The van der Waals surface area contributed by atoms with Gasteiger partial charge in [-0.05, 0) is 24.3 Å². The summed E-state index contributed by atoms with van der Waals surface area (Å²) in [5.74, 6) is 1.38. The topological polar surface area (TPSA) is 37.7 Å². The summed E-state index contributed by atoms with van der Waals surface area (Å²) in [6, 6.07) is 5.88. The Balaban J connectivity index is 1.92. The van der Waals surface area contributed by atoms with Gasteiger partial charge in [0.2, 0.25) is 0 Å². The smallest absolute Gasteiger partial charge is 0.418 e. The van der Waals surface area contributed by atoms with Crippen molar-refractivity contribution < 1.29 is 17.9 Å². The molecule has 0 aliphatic carbocycles. The third kappa shape index (κ3) is 2.31. The summed E-state index contributed by atoms with van der Waals surface area (Å²) >= 11 is 6.02. The van der Waals surface area contributed by atoms with Crippen molar-refractivity contribution in [3.63, 3.8) is 0 Å². The number of alkyl halides is 3. The molecule has 2 aromatic rings. The van der Waals surface area contributed by atoms with Crippen molar-refractivity contribution in [3.05, 3.63) is 46.6 Å². The summed E-state index contributed by atoms with van der Waals surface area (Å²) in [5, 5.41) is 0.497. The second kappa shape index (κ2) is 4.86. The molecule has 3 heterocycles. The van der Waals surface area contributed by atoms with Crippen molar-refractivity contribution in [2.75, 3.05) is 18.0 Å². The minimum Gasteiger partial charge on any atom is -0.453 e. The van der Waals surface area contributed by atoms with Crippen LogP contribution in [-0.2, 0) is 6.18 Å². The van der Waals surface area contributed by atoms with Crippen molar-refractivity contribution in [1.29, 1.82) is 0 Å². The van der Waals surface area contributed by atoms with E-state index >= 15 is 0 Å². The Morgan fingerprint density at radius 1 is 1.17 bits per heavy atom. The van der Waals surface area contributed by atoms with Crippen LogP contribution in [0.25, 0.3) is 0 Å². The van der Waals surface area contributed by atoms with E-state index in [1.54, 1.807) is 23.1 Å². The van der Waals surface area contributed by atoms with Gasteiger partial charge in [-0.25, -0.2) is 4.98 Å². The van der Waals surface area contributed by atoms with E-state index in [4.69, 9.17) is 16.3 Å². The van der Waals surface area contributed by atoms with Gasteiger partial charge in [0, 0.05) is 17.8 Å². The van der Waals surface area contributed by atoms with Gasteiger partial charge in [0.25, 0.3) is 0 Å². The fourth-order valence-corrected chi connectivity index (χ4v) is 2.81. The molecule has 4 rings (SSSR count). The summed E-state index contributed by atoms with van der Waals surface area (Å²) < 4.78 is 44.5. The molecule has 0 saturated heterocycles. The summed E-state index contributed by atoms with van der Waals surface area (Å²) in [7, 11) is 0. The lowest BCUT2D eigenvalue weighted by Gasteiger charge is -2.18. The molecular formula is C15H9ClF3N3O. The highest BCUT2D eigenvalue weighted by molar-refractivity contribution is 6.31. The molecule has 0 N–H and O–H groups in total. The number of benzene rings is 1. The van der Waals surface area contributed by atoms with Crippen LogP contribution < -0.4 is 9.64 Å². The molecule has 1 aromatic heterocycles. The van der Waals surface area contributed by atoms with Gasteiger partial charge in [-0.3, -0.25) is 4.99 Å². The minimum atomic E-state index is -4.48. The van der Waals surface area contributed by atoms with E-state index in [1.807, 2.05) is 0 Å². The molecule has 4 nitrogen and oxygen atoms in total. The van der Waals surface area contributed by atoms with E-state index in [0.717, 1.165) is 12.3 Å². The van der Waals surface area contributed by atoms with Crippen LogP contribution in [0.1, 0.15) is 11.1 Å². The van der Waals surface area contributed by atoms with Crippen molar-refractivity contribution in [1.82, 2.24) is 4.98 Å². The highest BCUT2D eigenvalue weighted by Crippen LogP contribution is 2.42. The van der Waals surface area contributed by atoms with E-state index in [9.17, 15) is 13.2 Å². The maximum absolute atomic E-state index is 12.9. The maximum Gasteiger partial charge on any atom is 0.418 e. The van der Waals surface area contributed by atoms with Crippen LogP contribution in [0.2, 0.25) is 5.02 Å². The number of hydrogen-bond acceptors (Lipinski definition) is 4. The van der Waals surface area contributed by atoms with Gasteiger partial charge in [-0.15, -0.1) is 0 Å². The Hall–Kier alpha value is -2.28. The molecule has 8 heteroatoms. The standard InChI is InChI=1S/C15H9ClF3N3O/c16-9-1-2-11-10(6-9)13-20-3-4-22(13)14-12(23-11)5-8(7-21-14)15(17,18)19/h1-2,5-7H,3-4H2. The maximum atomic E-state index is 12.9. The number of aliphatic imine (C=N–C) groups is 1. The molecule has 0 bridgehead atoms. The van der Waals surface area contributed by atoms with Crippen LogP contribution in [0.5, 0.6) is 11.5 Å². The highest BCUT2D eigenvalue weighted by Gasteiger charge is 2.35. The van der Waals surface area contributed by atoms with Crippen molar-refractivity contribution in [3.8, 4) is 11.5 Å². The molecule has 0 radical (unpaired) electrons. The first-order chi connectivity index (χ1) is 10.9. The van der Waals surface area contributed by atoms with E-state index in [0.29, 0.717) is 41.1 Å². The number of amidine groups is 1. The third-order valence-corrected chi connectivity index (χ3v) is 3.89. The van der Waals surface area contributed by atoms with Gasteiger partial charge < -0.3 is 9.64 Å². The molecule has 1 aromatic carbocycles. The zero-order valence-electron chi connectivity index (χ0n) is 11.6. The first-order valence-corrected chi connectivity index (χ1v) is 7.18. The largest absolute Gasteiger partial charge is 0.453 e. The third-order valence-electron chi connectivity index (χ3n) is 3.66. The van der Waals surface area contributed by atoms with Gasteiger partial charge in [-0.1, -0.05) is 11.6 Å². The predicted octanol–water partition coefficient (Wildman–Crippen LogP) is 4.13. The molecule has 0 spiro atoms. The number of pyridine rings is 1. The van der Waals surface area contributed by atoms with E-state index < -0.39 is 11.7 Å². The number of fused-ring (bicyclic) bond motifs is 5. The average Bonchev–Trinajstić information content (AvgIpc) is 2.93. The summed E-state index contributed by atoms with van der Waals surface area (Å²) in [4.78, 5) is 10.1. The summed E-state index contributed by atoms with van der Waals surface area (Å²) in [6.45, 7) is 1.06. The molecule has 0 atom stereocenters. The predicted molar refractivity (Wildman–Crippen MR) is 79.5 cm³/mol. The van der Waals surface area contributed by atoms with Crippen LogP contribution in [0.4, 0.5) is 19.0 Å². The zero-order chi connectivity index (χ0) is 16.2. The fraction of sp³-hybridized carbons (Fsp3) is 0.200. The average molecular weight is 340 g/mol. The number of ether oxygens (including phenoxy) is 1. The van der Waals surface area contributed by atoms with Crippen molar-refractivity contribution in [2.45, 2.75) is 6.18 Å². The number of halogens is 4. The van der Waals surface area contributed by atoms with Gasteiger partial charge in [-0.2, -0.15) is 13.2 Å². The van der Waals surface area contributed by atoms with Crippen molar-refractivity contribution in [2.24, 2.45) is 4.99 Å². The number of nitrogens with zero attached hydrogens (tertiary/aromatic N) is 3. The molecule has 2 aliphatic heterocycles. The molecule has 2 aliphatic rings. The SMILES string of the molecule is FC(F)(F)c1cnc2c(c1)Oc1ccc(Cl)cc1C1=NCCN12. The fourth-order valence-electron chi connectivity index (χ4n) is 2.64. The van der Waals surface area contributed by atoms with E-state index in [-0.39, 0.29) is 5.75 Å². The molecule has 0 saturated carbocycles. The second-order valence-electron chi connectivity index (χ2n) is 5.14. The molecular weight excluding hydrogens is 331 g/mol. The molecule has 0 unspecified atom stereocenters. The van der Waals surface area contributed by atoms with Gasteiger partial charge in [0.15, 0.2) is 11.6 Å². The monoisotopic (exact) mass is 339 g/mol. The number of rotatable bonds is 0. The second-order valence-corrected chi connectivity index (χ2v) is 5.58. The van der Waals surface area contributed by atoms with Crippen LogP contribution in [0.15, 0.2) is 35.5 Å². The first kappa shape index (κ1) is 14.3. The van der Waals surface area contributed by atoms with Crippen LogP contribution in [0.3, 0.4) is 0 Å².